The lowest BCUT2D eigenvalue weighted by Gasteiger charge is -2.19. The molecule has 2 aliphatic heterocycles. The van der Waals surface area contributed by atoms with Crippen LogP contribution >= 0.6 is 0 Å². The molecule has 29 heavy (non-hydrogen) atoms. The van der Waals surface area contributed by atoms with Gasteiger partial charge >= 0.3 is 0 Å². The van der Waals surface area contributed by atoms with E-state index in [2.05, 4.69) is 21.3 Å². The van der Waals surface area contributed by atoms with E-state index >= 15 is 0 Å². The summed E-state index contributed by atoms with van der Waals surface area (Å²) in [5, 5.41) is 3.11. The Bertz CT molecular complexity index is 854. The Morgan fingerprint density at radius 2 is 1.90 bits per heavy atom. The number of nitrogens with zero attached hydrogens (tertiary/aromatic N) is 3. The molecular formula is C22H26F2N4O. The fourth-order valence-electron chi connectivity index (χ4n) is 4.00. The maximum atomic E-state index is 13.4. The highest BCUT2D eigenvalue weighted by atomic mass is 19.3. The van der Waals surface area contributed by atoms with E-state index in [0.29, 0.717) is 13.0 Å². The SMILES string of the molecule is Cc1ccc(N2CC[C@@H](NC(=O)Cc3ccc(N4CCC(F)(F)C4)cc3)C2)cn1. The van der Waals surface area contributed by atoms with E-state index in [9.17, 15) is 13.6 Å². The van der Waals surface area contributed by atoms with Gasteiger partial charge in [-0.25, -0.2) is 8.78 Å². The summed E-state index contributed by atoms with van der Waals surface area (Å²) in [7, 11) is 0. The third kappa shape index (κ3) is 4.83. The number of halogens is 2. The molecule has 1 aromatic heterocycles. The summed E-state index contributed by atoms with van der Waals surface area (Å²) in [4.78, 5) is 20.7. The largest absolute Gasteiger partial charge is 0.368 e. The van der Waals surface area contributed by atoms with Crippen LogP contribution in [-0.4, -0.2) is 49.0 Å². The molecule has 2 saturated heterocycles. The Morgan fingerprint density at radius 1 is 1.14 bits per heavy atom. The summed E-state index contributed by atoms with van der Waals surface area (Å²) >= 11 is 0. The lowest BCUT2D eigenvalue weighted by molar-refractivity contribution is -0.121. The average Bonchev–Trinajstić information content (AvgIpc) is 3.29. The highest BCUT2D eigenvalue weighted by Gasteiger charge is 2.38. The van der Waals surface area contributed by atoms with Gasteiger partial charge in [-0.2, -0.15) is 0 Å². The van der Waals surface area contributed by atoms with Crippen LogP contribution in [0.5, 0.6) is 0 Å². The molecule has 0 radical (unpaired) electrons. The van der Waals surface area contributed by atoms with Crippen LogP contribution in [0, 0.1) is 6.92 Å². The zero-order chi connectivity index (χ0) is 20.4. The number of aromatic nitrogens is 1. The number of benzene rings is 1. The monoisotopic (exact) mass is 400 g/mol. The van der Waals surface area contributed by atoms with Crippen LogP contribution < -0.4 is 15.1 Å². The van der Waals surface area contributed by atoms with E-state index in [1.807, 2.05) is 43.5 Å². The van der Waals surface area contributed by atoms with Crippen LogP contribution in [0.15, 0.2) is 42.6 Å². The maximum Gasteiger partial charge on any atom is 0.266 e. The second-order valence-electron chi connectivity index (χ2n) is 8.03. The third-order valence-electron chi connectivity index (χ3n) is 5.65. The van der Waals surface area contributed by atoms with Crippen molar-refractivity contribution in [1.82, 2.24) is 10.3 Å². The number of pyridine rings is 1. The van der Waals surface area contributed by atoms with Crippen LogP contribution in [0.3, 0.4) is 0 Å². The molecule has 154 valence electrons. The number of nitrogens with one attached hydrogen (secondary N) is 1. The molecule has 2 fully saturated rings. The number of carbonyl (C=O) groups excluding carboxylic acids is 1. The van der Waals surface area contributed by atoms with Gasteiger partial charge in [0.05, 0.1) is 24.8 Å². The molecule has 1 N–H and O–H groups in total. The number of rotatable bonds is 5. The van der Waals surface area contributed by atoms with E-state index in [0.717, 1.165) is 42.1 Å². The first-order chi connectivity index (χ1) is 13.9. The van der Waals surface area contributed by atoms with Crippen molar-refractivity contribution in [3.8, 4) is 0 Å². The van der Waals surface area contributed by atoms with Gasteiger partial charge in [0.25, 0.3) is 5.92 Å². The molecule has 0 aliphatic carbocycles. The number of aryl methyl sites for hydroxylation is 1. The van der Waals surface area contributed by atoms with Gasteiger partial charge in [0.1, 0.15) is 0 Å². The van der Waals surface area contributed by atoms with Crippen LogP contribution in [-0.2, 0) is 11.2 Å². The number of amides is 1. The van der Waals surface area contributed by atoms with Crippen molar-refractivity contribution in [2.75, 3.05) is 36.0 Å². The second kappa shape index (κ2) is 7.97. The minimum absolute atomic E-state index is 0.0145. The van der Waals surface area contributed by atoms with E-state index < -0.39 is 5.92 Å². The first-order valence-electron chi connectivity index (χ1n) is 10.1. The quantitative estimate of drug-likeness (QED) is 0.838. The zero-order valence-electron chi connectivity index (χ0n) is 16.6. The number of hydrogen-bond acceptors (Lipinski definition) is 4. The zero-order valence-corrected chi connectivity index (χ0v) is 16.6. The molecule has 4 rings (SSSR count). The molecule has 1 amide bonds. The first kappa shape index (κ1) is 19.6. The Kier molecular flexibility index (Phi) is 5.39. The molecule has 0 unspecified atom stereocenters. The number of alkyl halides is 2. The lowest BCUT2D eigenvalue weighted by atomic mass is 10.1. The normalized spacial score (nSPS) is 20.9. The van der Waals surface area contributed by atoms with Crippen molar-refractivity contribution in [3.63, 3.8) is 0 Å². The van der Waals surface area contributed by atoms with Gasteiger partial charge in [0.2, 0.25) is 5.91 Å². The first-order valence-corrected chi connectivity index (χ1v) is 10.1. The third-order valence-corrected chi connectivity index (χ3v) is 5.65. The highest BCUT2D eigenvalue weighted by molar-refractivity contribution is 5.79. The van der Waals surface area contributed by atoms with Crippen LogP contribution in [0.25, 0.3) is 0 Å². The molecular weight excluding hydrogens is 374 g/mol. The molecule has 0 saturated carbocycles. The van der Waals surface area contributed by atoms with Crippen molar-refractivity contribution >= 4 is 17.3 Å². The Hall–Kier alpha value is -2.70. The van der Waals surface area contributed by atoms with Gasteiger partial charge < -0.3 is 15.1 Å². The molecule has 0 spiro atoms. The molecule has 0 bridgehead atoms. The van der Waals surface area contributed by atoms with Gasteiger partial charge in [-0.05, 0) is 43.2 Å². The predicted molar refractivity (Wildman–Crippen MR) is 110 cm³/mol. The molecule has 2 aromatic rings. The minimum atomic E-state index is -2.61. The second-order valence-corrected chi connectivity index (χ2v) is 8.03. The summed E-state index contributed by atoms with van der Waals surface area (Å²) in [5.41, 5.74) is 3.73. The van der Waals surface area contributed by atoms with Crippen molar-refractivity contribution in [1.29, 1.82) is 0 Å². The summed E-state index contributed by atoms with van der Waals surface area (Å²) < 4.78 is 26.8. The van der Waals surface area contributed by atoms with Crippen molar-refractivity contribution in [2.24, 2.45) is 0 Å². The van der Waals surface area contributed by atoms with E-state index in [1.54, 1.807) is 4.90 Å². The van der Waals surface area contributed by atoms with Gasteiger partial charge in [-0.1, -0.05) is 12.1 Å². The van der Waals surface area contributed by atoms with E-state index in [4.69, 9.17) is 0 Å². The van der Waals surface area contributed by atoms with E-state index in [1.165, 1.54) is 0 Å². The van der Waals surface area contributed by atoms with Crippen molar-refractivity contribution < 1.29 is 13.6 Å². The Morgan fingerprint density at radius 3 is 2.55 bits per heavy atom. The predicted octanol–water partition coefficient (Wildman–Crippen LogP) is 3.17. The van der Waals surface area contributed by atoms with Gasteiger partial charge in [0.15, 0.2) is 0 Å². The lowest BCUT2D eigenvalue weighted by Crippen LogP contribution is -2.38. The molecule has 7 heteroatoms. The van der Waals surface area contributed by atoms with E-state index in [-0.39, 0.29) is 24.9 Å². The number of carbonyl (C=O) groups is 1. The topological polar surface area (TPSA) is 48.5 Å². The molecule has 1 atom stereocenters. The van der Waals surface area contributed by atoms with Crippen LogP contribution in [0.1, 0.15) is 24.1 Å². The smallest absolute Gasteiger partial charge is 0.266 e. The summed E-state index contributed by atoms with van der Waals surface area (Å²) in [6.45, 7) is 3.76. The molecule has 2 aliphatic rings. The fraction of sp³-hybridized carbons (Fsp3) is 0.455. The highest BCUT2D eigenvalue weighted by Crippen LogP contribution is 2.30. The van der Waals surface area contributed by atoms with Crippen LogP contribution in [0.2, 0.25) is 0 Å². The van der Waals surface area contributed by atoms with Crippen LogP contribution in [0.4, 0.5) is 20.2 Å². The summed E-state index contributed by atoms with van der Waals surface area (Å²) in [6.07, 6.45) is 2.96. The molecule has 5 nitrogen and oxygen atoms in total. The number of anilines is 2. The van der Waals surface area contributed by atoms with Gasteiger partial charge in [0, 0.05) is 43.5 Å². The number of hydrogen-bond donors (Lipinski definition) is 1. The van der Waals surface area contributed by atoms with Crippen molar-refractivity contribution in [2.45, 2.75) is 38.2 Å². The van der Waals surface area contributed by atoms with Gasteiger partial charge in [-0.15, -0.1) is 0 Å². The Labute approximate surface area is 169 Å². The summed E-state index contributed by atoms with van der Waals surface area (Å²) in [5.74, 6) is -2.62. The molecule has 3 heterocycles. The maximum absolute atomic E-state index is 13.4. The fourth-order valence-corrected chi connectivity index (χ4v) is 4.00. The van der Waals surface area contributed by atoms with Gasteiger partial charge in [-0.3, -0.25) is 9.78 Å². The minimum Gasteiger partial charge on any atom is -0.368 e. The summed E-state index contributed by atoms with van der Waals surface area (Å²) in [6, 6.07) is 11.5. The Balaban J connectivity index is 1.27. The standard InChI is InChI=1S/C22H26F2N4O/c1-16-2-5-20(13-25-16)27-10-8-18(14-27)26-21(29)12-17-3-6-19(7-4-17)28-11-9-22(23,24)15-28/h2-7,13,18H,8-12,14-15H2,1H3,(H,26,29)/t18-/m1/s1. The van der Waals surface area contributed by atoms with Crippen molar-refractivity contribution in [3.05, 3.63) is 53.9 Å². The molecule has 1 aromatic carbocycles. The average molecular weight is 400 g/mol.